The molecule has 0 radical (unpaired) electrons. The second kappa shape index (κ2) is 6.33. The largest absolute Gasteiger partial charge is 0.441 e. The van der Waals surface area contributed by atoms with Crippen molar-refractivity contribution in [1.29, 1.82) is 0 Å². The normalized spacial score (nSPS) is 11.3. The number of anilines is 1. The van der Waals surface area contributed by atoms with Gasteiger partial charge in [0.2, 0.25) is 0 Å². The molecule has 0 atom stereocenters. The summed E-state index contributed by atoms with van der Waals surface area (Å²) >= 11 is 3.00. The monoisotopic (exact) mass is 342 g/mol. The molecule has 1 amide bonds. The van der Waals surface area contributed by atoms with E-state index in [-0.39, 0.29) is 24.1 Å². The summed E-state index contributed by atoms with van der Waals surface area (Å²) in [6.45, 7) is -0.0652. The van der Waals surface area contributed by atoms with Crippen LogP contribution in [0.5, 0.6) is 0 Å². The maximum Gasteiger partial charge on any atom is 0.441 e. The van der Waals surface area contributed by atoms with Crippen LogP contribution in [0.2, 0.25) is 0 Å². The summed E-state index contributed by atoms with van der Waals surface area (Å²) in [5.74, 6) is -0.688. The number of carbonyl (C=O) groups is 1. The molecule has 0 aliphatic rings. The van der Waals surface area contributed by atoms with E-state index in [0.717, 1.165) is 0 Å². The number of halogens is 4. The number of benzene rings is 1. The fourth-order valence-electron chi connectivity index (χ4n) is 1.14. The summed E-state index contributed by atoms with van der Waals surface area (Å²) < 4.78 is 36.1. The molecule has 8 heteroatoms. The molecule has 3 N–H and O–H groups in total. The summed E-state index contributed by atoms with van der Waals surface area (Å²) in [4.78, 5) is 11.7. The number of nitrogens with two attached hydrogens (primary N) is 1. The predicted molar refractivity (Wildman–Crippen MR) is 69.4 cm³/mol. The van der Waals surface area contributed by atoms with Crippen LogP contribution in [0.25, 0.3) is 0 Å². The van der Waals surface area contributed by atoms with Crippen LogP contribution in [0, 0.1) is 0 Å². The molecule has 0 aliphatic carbocycles. The Morgan fingerprint density at radius 2 is 2.11 bits per heavy atom. The standard InChI is InChI=1S/C10H10BrF3N2OS/c11-8-2-1-6(15)5-7(8)9(17)16-3-4-18-10(12,13)14/h1-2,5H,3-4,15H2,(H,16,17). The highest BCUT2D eigenvalue weighted by atomic mass is 79.9. The van der Waals surface area contributed by atoms with Gasteiger partial charge in [-0.05, 0) is 45.9 Å². The van der Waals surface area contributed by atoms with Gasteiger partial charge in [-0.1, -0.05) is 0 Å². The third-order valence-corrected chi connectivity index (χ3v) is 3.32. The third-order valence-electron chi connectivity index (χ3n) is 1.89. The van der Waals surface area contributed by atoms with Crippen molar-refractivity contribution >= 4 is 39.3 Å². The smallest absolute Gasteiger partial charge is 0.399 e. The number of carbonyl (C=O) groups excluding carboxylic acids is 1. The first-order chi connectivity index (χ1) is 8.29. The molecule has 18 heavy (non-hydrogen) atoms. The van der Waals surface area contributed by atoms with Crippen molar-refractivity contribution in [3.05, 3.63) is 28.2 Å². The Labute approximate surface area is 114 Å². The molecule has 0 unspecified atom stereocenters. The van der Waals surface area contributed by atoms with Crippen LogP contribution in [-0.2, 0) is 0 Å². The molecule has 0 spiro atoms. The molecule has 1 rings (SSSR count). The van der Waals surface area contributed by atoms with Crippen LogP contribution in [0.1, 0.15) is 10.4 Å². The van der Waals surface area contributed by atoms with Crippen LogP contribution in [0.4, 0.5) is 18.9 Å². The number of amides is 1. The van der Waals surface area contributed by atoms with Crippen LogP contribution < -0.4 is 11.1 Å². The molecule has 0 saturated heterocycles. The van der Waals surface area contributed by atoms with E-state index in [4.69, 9.17) is 5.73 Å². The Balaban J connectivity index is 2.48. The molecule has 0 fully saturated rings. The minimum atomic E-state index is -4.28. The Hall–Kier alpha value is -0.890. The molecule has 0 aromatic heterocycles. The van der Waals surface area contributed by atoms with E-state index in [2.05, 4.69) is 21.2 Å². The van der Waals surface area contributed by atoms with Gasteiger partial charge in [-0.3, -0.25) is 4.79 Å². The average Bonchev–Trinajstić information content (AvgIpc) is 2.26. The van der Waals surface area contributed by atoms with E-state index in [1.807, 2.05) is 0 Å². The number of nitrogen functional groups attached to an aromatic ring is 1. The van der Waals surface area contributed by atoms with E-state index in [0.29, 0.717) is 15.7 Å². The van der Waals surface area contributed by atoms with Gasteiger partial charge in [0.05, 0.1) is 5.56 Å². The van der Waals surface area contributed by atoms with Crippen molar-refractivity contribution in [1.82, 2.24) is 5.32 Å². The van der Waals surface area contributed by atoms with Crippen LogP contribution in [0.15, 0.2) is 22.7 Å². The molecule has 0 saturated carbocycles. The molecule has 3 nitrogen and oxygen atoms in total. The van der Waals surface area contributed by atoms with Gasteiger partial charge >= 0.3 is 5.51 Å². The number of nitrogens with one attached hydrogen (secondary N) is 1. The second-order valence-electron chi connectivity index (χ2n) is 3.29. The number of hydrogen-bond donors (Lipinski definition) is 2. The summed E-state index contributed by atoms with van der Waals surface area (Å²) in [6.07, 6.45) is 0. The van der Waals surface area contributed by atoms with E-state index in [1.165, 1.54) is 6.07 Å². The Bertz CT molecular complexity index is 440. The van der Waals surface area contributed by atoms with Gasteiger partial charge in [-0.15, -0.1) is 0 Å². The van der Waals surface area contributed by atoms with Gasteiger partial charge in [0.15, 0.2) is 0 Å². The fraction of sp³-hybridized carbons (Fsp3) is 0.300. The quantitative estimate of drug-likeness (QED) is 0.653. The molecule has 0 bridgehead atoms. The van der Waals surface area contributed by atoms with Crippen molar-refractivity contribution in [2.75, 3.05) is 18.0 Å². The number of hydrogen-bond acceptors (Lipinski definition) is 3. The van der Waals surface area contributed by atoms with E-state index < -0.39 is 11.4 Å². The zero-order valence-corrected chi connectivity index (χ0v) is 11.5. The number of thioether (sulfide) groups is 1. The highest BCUT2D eigenvalue weighted by Gasteiger charge is 2.27. The summed E-state index contributed by atoms with van der Waals surface area (Å²) in [7, 11) is 0. The minimum absolute atomic E-state index is 0.0652. The lowest BCUT2D eigenvalue weighted by Crippen LogP contribution is -2.26. The van der Waals surface area contributed by atoms with Crippen LogP contribution in [-0.4, -0.2) is 23.7 Å². The molecule has 0 aliphatic heterocycles. The van der Waals surface area contributed by atoms with Crippen LogP contribution in [0.3, 0.4) is 0 Å². The van der Waals surface area contributed by atoms with Crippen molar-refractivity contribution in [3.8, 4) is 0 Å². The zero-order chi connectivity index (χ0) is 13.8. The molecule has 1 aromatic carbocycles. The second-order valence-corrected chi connectivity index (χ2v) is 5.30. The Morgan fingerprint density at radius 1 is 1.44 bits per heavy atom. The van der Waals surface area contributed by atoms with Gasteiger partial charge in [0, 0.05) is 22.5 Å². The zero-order valence-electron chi connectivity index (χ0n) is 9.05. The minimum Gasteiger partial charge on any atom is -0.399 e. The predicted octanol–water partition coefficient (Wildman–Crippen LogP) is 3.01. The maximum atomic E-state index is 11.8. The number of rotatable bonds is 4. The van der Waals surface area contributed by atoms with Crippen molar-refractivity contribution in [3.63, 3.8) is 0 Å². The summed E-state index contributed by atoms with van der Waals surface area (Å²) in [6, 6.07) is 4.67. The Morgan fingerprint density at radius 3 is 2.72 bits per heavy atom. The van der Waals surface area contributed by atoms with Crippen molar-refractivity contribution in [2.24, 2.45) is 0 Å². The van der Waals surface area contributed by atoms with Gasteiger partial charge in [-0.2, -0.15) is 13.2 Å². The van der Waals surface area contributed by atoms with E-state index in [9.17, 15) is 18.0 Å². The highest BCUT2D eigenvalue weighted by Crippen LogP contribution is 2.29. The first kappa shape index (κ1) is 15.2. The van der Waals surface area contributed by atoms with Crippen molar-refractivity contribution in [2.45, 2.75) is 5.51 Å². The average molecular weight is 343 g/mol. The lowest BCUT2D eigenvalue weighted by atomic mass is 10.2. The summed E-state index contributed by atoms with van der Waals surface area (Å²) in [5, 5.41) is 2.39. The Kier molecular flexibility index (Phi) is 5.33. The third kappa shape index (κ3) is 5.18. The van der Waals surface area contributed by atoms with Gasteiger partial charge < -0.3 is 11.1 Å². The van der Waals surface area contributed by atoms with E-state index in [1.54, 1.807) is 12.1 Å². The molecular formula is C10H10BrF3N2OS. The van der Waals surface area contributed by atoms with Crippen molar-refractivity contribution < 1.29 is 18.0 Å². The number of alkyl halides is 3. The maximum absolute atomic E-state index is 11.8. The molecule has 0 heterocycles. The first-order valence-corrected chi connectivity index (χ1v) is 6.61. The molecular weight excluding hydrogens is 333 g/mol. The van der Waals surface area contributed by atoms with Gasteiger partial charge in [0.1, 0.15) is 0 Å². The van der Waals surface area contributed by atoms with E-state index >= 15 is 0 Å². The molecule has 1 aromatic rings. The first-order valence-electron chi connectivity index (χ1n) is 4.83. The summed E-state index contributed by atoms with van der Waals surface area (Å²) in [5.41, 5.74) is 1.96. The lowest BCUT2D eigenvalue weighted by molar-refractivity contribution is -0.0327. The van der Waals surface area contributed by atoms with Crippen LogP contribution >= 0.6 is 27.7 Å². The lowest BCUT2D eigenvalue weighted by Gasteiger charge is -2.08. The topological polar surface area (TPSA) is 55.1 Å². The highest BCUT2D eigenvalue weighted by molar-refractivity contribution is 9.10. The van der Waals surface area contributed by atoms with Gasteiger partial charge in [0.25, 0.3) is 5.91 Å². The SMILES string of the molecule is Nc1ccc(Br)c(C(=O)NCCSC(F)(F)F)c1. The van der Waals surface area contributed by atoms with Gasteiger partial charge in [-0.25, -0.2) is 0 Å². The fourth-order valence-corrected chi connectivity index (χ4v) is 2.01. The molecule has 100 valence electrons.